The third-order valence-electron chi connectivity index (χ3n) is 2.95. The Balaban J connectivity index is 2.91. The largest absolute Gasteiger partial charge is 0.508 e. The number of benzene rings is 1. The number of nitrogens with zero attached hydrogens (tertiary/aromatic N) is 1. The fourth-order valence-corrected chi connectivity index (χ4v) is 1.86. The molecule has 0 aliphatic heterocycles. The topological polar surface area (TPSA) is 43.7 Å². The second-order valence-electron chi connectivity index (χ2n) is 4.46. The van der Waals surface area contributed by atoms with Gasteiger partial charge in [-0.25, -0.2) is 0 Å². The minimum absolute atomic E-state index is 0.00302. The molecule has 0 heterocycles. The van der Waals surface area contributed by atoms with Gasteiger partial charge in [0.1, 0.15) is 5.75 Å². The highest BCUT2D eigenvalue weighted by Crippen LogP contribution is 2.13. The molecule has 1 aromatic rings. The van der Waals surface area contributed by atoms with E-state index >= 15 is 0 Å². The third kappa shape index (κ3) is 5.07. The van der Waals surface area contributed by atoms with Gasteiger partial charge in [-0.15, -0.1) is 0 Å². The fourth-order valence-electron chi connectivity index (χ4n) is 1.86. The molecule has 0 saturated carbocycles. The van der Waals surface area contributed by atoms with E-state index in [0.29, 0.717) is 19.3 Å². The fraction of sp³-hybridized carbons (Fsp3) is 0.600. The Kier molecular flexibility index (Phi) is 4.03. The van der Waals surface area contributed by atoms with Crippen molar-refractivity contribution >= 4 is 0 Å². The Bertz CT molecular complexity index is 476. The van der Waals surface area contributed by atoms with Crippen molar-refractivity contribution in [1.82, 2.24) is 4.90 Å². The number of phenols is 1. The molecule has 2 N–H and O–H groups in total. The lowest BCUT2D eigenvalue weighted by molar-refractivity contribution is 0.203. The van der Waals surface area contributed by atoms with Gasteiger partial charge in [0.15, 0.2) is 0 Å². The van der Waals surface area contributed by atoms with E-state index < -0.39 is 13.3 Å². The molecule has 0 spiro atoms. The summed E-state index contributed by atoms with van der Waals surface area (Å²) in [5.41, 5.74) is 0.892. The van der Waals surface area contributed by atoms with E-state index in [1.54, 1.807) is 31.2 Å². The molecule has 1 atom stereocenters. The molecule has 0 radical (unpaired) electrons. The molecule has 3 nitrogen and oxygen atoms in total. The molecule has 3 heteroatoms. The molecule has 1 unspecified atom stereocenters. The molecular weight excluding hydrogens is 226 g/mol. The quantitative estimate of drug-likeness (QED) is 0.702. The van der Waals surface area contributed by atoms with Crippen LogP contribution in [0.4, 0.5) is 0 Å². The summed E-state index contributed by atoms with van der Waals surface area (Å²) in [6.07, 6.45) is 1.49. The monoisotopic (exact) mass is 256 g/mol. The summed E-state index contributed by atoms with van der Waals surface area (Å²) >= 11 is 0. The Morgan fingerprint density at radius 2 is 2.06 bits per heavy atom. The lowest BCUT2D eigenvalue weighted by atomic mass is 10.1. The first-order chi connectivity index (χ1) is 10.6. The molecule has 0 saturated heterocycles. The first-order valence-corrected chi connectivity index (χ1v) is 6.25. The maximum absolute atomic E-state index is 9.31. The predicted molar refractivity (Wildman–Crippen MR) is 74.8 cm³/mol. The van der Waals surface area contributed by atoms with E-state index in [2.05, 4.69) is 0 Å². The van der Waals surface area contributed by atoms with Crippen LogP contribution in [0.15, 0.2) is 24.3 Å². The van der Waals surface area contributed by atoms with Crippen LogP contribution < -0.4 is 0 Å². The van der Waals surface area contributed by atoms with Crippen LogP contribution in [-0.4, -0.2) is 40.8 Å². The molecule has 0 aromatic heterocycles. The molecular formula is C15H25NO2. The van der Waals surface area contributed by atoms with E-state index in [1.807, 2.05) is 0 Å². The number of hydrogen-bond donors (Lipinski definition) is 2. The molecule has 0 aliphatic carbocycles. The molecule has 0 amide bonds. The highest BCUT2D eigenvalue weighted by atomic mass is 16.3. The number of unbranched alkanes of at least 4 members (excludes halogenated alkanes) is 1. The van der Waals surface area contributed by atoms with Crippen LogP contribution in [0.5, 0.6) is 5.75 Å². The van der Waals surface area contributed by atoms with Gasteiger partial charge in [-0.3, -0.25) is 0 Å². The average molecular weight is 256 g/mol. The molecule has 0 aliphatic rings. The summed E-state index contributed by atoms with van der Waals surface area (Å²) in [4.78, 5) is 1.35. The molecule has 102 valence electrons. The number of aromatic hydroxyl groups is 1. The van der Waals surface area contributed by atoms with Crippen LogP contribution >= 0.6 is 0 Å². The third-order valence-corrected chi connectivity index (χ3v) is 2.95. The van der Waals surface area contributed by atoms with E-state index in [9.17, 15) is 5.11 Å². The van der Waals surface area contributed by atoms with Gasteiger partial charge in [-0.1, -0.05) is 19.0 Å². The van der Waals surface area contributed by atoms with Crippen LogP contribution in [0.25, 0.3) is 0 Å². The highest BCUT2D eigenvalue weighted by molar-refractivity contribution is 5.26. The maximum atomic E-state index is 9.31. The lowest BCUT2D eigenvalue weighted by Crippen LogP contribution is -2.35. The molecule has 0 fully saturated rings. The zero-order valence-electron chi connectivity index (χ0n) is 15.8. The number of hydrogen-bond acceptors (Lipinski definition) is 3. The van der Waals surface area contributed by atoms with Crippen molar-refractivity contribution in [1.29, 1.82) is 0 Å². The highest BCUT2D eigenvalue weighted by Gasteiger charge is 2.12. The van der Waals surface area contributed by atoms with Gasteiger partial charge in [-0.05, 0) is 56.9 Å². The van der Waals surface area contributed by atoms with Crippen molar-refractivity contribution in [2.45, 2.75) is 39.1 Å². The molecule has 1 aromatic carbocycles. The second kappa shape index (κ2) is 8.11. The van der Waals surface area contributed by atoms with Crippen molar-refractivity contribution < 1.29 is 17.1 Å². The number of phenolic OH excluding ortho intramolecular Hbond substituents is 1. The van der Waals surface area contributed by atoms with Gasteiger partial charge in [0.05, 0.1) is 0 Å². The van der Waals surface area contributed by atoms with Crippen molar-refractivity contribution in [2.24, 2.45) is 0 Å². The Morgan fingerprint density at radius 3 is 2.67 bits per heavy atom. The van der Waals surface area contributed by atoms with Crippen molar-refractivity contribution in [3.63, 3.8) is 0 Å². The van der Waals surface area contributed by atoms with Crippen LogP contribution in [0.1, 0.15) is 39.0 Å². The Labute approximate surface area is 117 Å². The van der Waals surface area contributed by atoms with E-state index in [-0.39, 0.29) is 24.9 Å². The zero-order valence-corrected chi connectivity index (χ0v) is 10.8. The van der Waals surface area contributed by atoms with Gasteiger partial charge in [-0.2, -0.15) is 0 Å². The number of rotatable bonds is 8. The van der Waals surface area contributed by atoms with Gasteiger partial charge in [0.25, 0.3) is 0 Å². The van der Waals surface area contributed by atoms with Crippen LogP contribution in [0.2, 0.25) is 0 Å². The van der Waals surface area contributed by atoms with Crippen LogP contribution in [-0.2, 0) is 6.42 Å². The summed E-state index contributed by atoms with van der Waals surface area (Å²) in [6.45, 7) is -3.16. The maximum Gasteiger partial charge on any atom is 0.115 e. The van der Waals surface area contributed by atoms with Crippen molar-refractivity contribution in [3.05, 3.63) is 29.8 Å². The normalized spacial score (nSPS) is 18.5. The summed E-state index contributed by atoms with van der Waals surface area (Å²) in [7, 11) is 0. The standard InChI is InChI=1S/C15H25NO2/c1-3-16(10-4-5-11-17)13(2)12-14-6-8-15(18)9-7-14/h6-9,13,17-18H,3-5,10-12H2,1-2H3/i1D3,3D2. The van der Waals surface area contributed by atoms with E-state index in [0.717, 1.165) is 5.56 Å². The number of aliphatic hydroxyl groups excluding tert-OH is 1. The van der Waals surface area contributed by atoms with Gasteiger partial charge in [0, 0.05) is 19.5 Å². The minimum Gasteiger partial charge on any atom is -0.508 e. The molecule has 0 bridgehead atoms. The van der Waals surface area contributed by atoms with Crippen molar-refractivity contribution in [3.8, 4) is 5.75 Å². The number of aliphatic hydroxyl groups is 1. The van der Waals surface area contributed by atoms with Crippen LogP contribution in [0, 0.1) is 0 Å². The van der Waals surface area contributed by atoms with Crippen molar-refractivity contribution in [2.75, 3.05) is 19.6 Å². The summed E-state index contributed by atoms with van der Waals surface area (Å²) in [5, 5.41) is 18.2. The molecule has 18 heavy (non-hydrogen) atoms. The first kappa shape index (κ1) is 8.94. The predicted octanol–water partition coefficient (Wildman–Crippen LogP) is 2.42. The Morgan fingerprint density at radius 1 is 1.33 bits per heavy atom. The summed E-state index contributed by atoms with van der Waals surface area (Å²) in [6, 6.07) is 6.24. The van der Waals surface area contributed by atoms with Gasteiger partial charge >= 0.3 is 0 Å². The number of likely N-dealkylation sites (N-methyl/N-ethyl adjacent to an activating group) is 1. The first-order valence-electron chi connectivity index (χ1n) is 8.75. The SMILES string of the molecule is [2H]C([2H])([2H])C([2H])([2H])N(CCCCO)C(C)Cc1ccc(O)cc1. The minimum atomic E-state index is -2.75. The van der Waals surface area contributed by atoms with Gasteiger partial charge in [0.2, 0.25) is 0 Å². The zero-order chi connectivity index (χ0) is 17.7. The average Bonchev–Trinajstić information content (AvgIpc) is 2.44. The van der Waals surface area contributed by atoms with Gasteiger partial charge < -0.3 is 15.1 Å². The van der Waals surface area contributed by atoms with E-state index in [1.165, 1.54) is 4.90 Å². The van der Waals surface area contributed by atoms with E-state index in [4.69, 9.17) is 12.0 Å². The second-order valence-corrected chi connectivity index (χ2v) is 4.46. The Hall–Kier alpha value is -1.06. The molecule has 1 rings (SSSR count). The smallest absolute Gasteiger partial charge is 0.115 e. The summed E-state index contributed by atoms with van der Waals surface area (Å²) in [5.74, 6) is 0.152. The van der Waals surface area contributed by atoms with Crippen LogP contribution in [0.3, 0.4) is 0 Å². The summed E-state index contributed by atoms with van der Waals surface area (Å²) < 4.78 is 38.5. The lowest BCUT2D eigenvalue weighted by Gasteiger charge is -2.28.